The van der Waals surface area contributed by atoms with Crippen LogP contribution in [0.3, 0.4) is 0 Å². The highest BCUT2D eigenvalue weighted by Crippen LogP contribution is 2.08. The lowest BCUT2D eigenvalue weighted by atomic mass is 10.1. The second kappa shape index (κ2) is 6.86. The monoisotopic (exact) mass is 190 g/mol. The van der Waals surface area contributed by atoms with E-state index in [4.69, 9.17) is 14.9 Å². The van der Waals surface area contributed by atoms with Gasteiger partial charge in [0.25, 0.3) is 0 Å². The van der Waals surface area contributed by atoms with Crippen molar-refractivity contribution < 1.29 is 19.7 Å². The molecular formula is C9H18O4. The van der Waals surface area contributed by atoms with E-state index >= 15 is 0 Å². The van der Waals surface area contributed by atoms with E-state index in [-0.39, 0.29) is 6.61 Å². The van der Waals surface area contributed by atoms with Crippen LogP contribution in [0.15, 0.2) is 0 Å². The molecule has 1 unspecified atom stereocenters. The molecule has 0 aliphatic carbocycles. The Bertz CT molecular complexity index is 145. The van der Waals surface area contributed by atoms with Crippen LogP contribution in [0.1, 0.15) is 26.7 Å². The van der Waals surface area contributed by atoms with Crippen LogP contribution in [0.4, 0.5) is 0 Å². The molecule has 13 heavy (non-hydrogen) atoms. The zero-order valence-electron chi connectivity index (χ0n) is 8.19. The summed E-state index contributed by atoms with van der Waals surface area (Å²) in [6.45, 7) is 4.24. The van der Waals surface area contributed by atoms with Gasteiger partial charge < -0.3 is 14.9 Å². The second-order valence-electron chi connectivity index (χ2n) is 3.40. The van der Waals surface area contributed by atoms with Crippen LogP contribution < -0.4 is 0 Å². The number of hydrogen-bond acceptors (Lipinski definition) is 3. The predicted octanol–water partition coefficient (Wildman–Crippen LogP) is 0.885. The van der Waals surface area contributed by atoms with Crippen LogP contribution in [0.25, 0.3) is 0 Å². The lowest BCUT2D eigenvalue weighted by molar-refractivity contribution is -0.151. The Morgan fingerprint density at radius 1 is 1.46 bits per heavy atom. The Morgan fingerprint density at radius 2 is 2.08 bits per heavy atom. The van der Waals surface area contributed by atoms with Crippen LogP contribution >= 0.6 is 0 Å². The van der Waals surface area contributed by atoms with E-state index in [1.54, 1.807) is 0 Å². The lowest BCUT2D eigenvalue weighted by Gasteiger charge is -2.14. The zero-order chi connectivity index (χ0) is 10.3. The summed E-state index contributed by atoms with van der Waals surface area (Å²) in [6.07, 6.45) is 0.273. The Kier molecular flexibility index (Phi) is 6.54. The van der Waals surface area contributed by atoms with Crippen molar-refractivity contribution in [1.29, 1.82) is 0 Å². The number of hydrogen-bond donors (Lipinski definition) is 2. The highest BCUT2D eigenvalue weighted by atomic mass is 16.5. The lowest BCUT2D eigenvalue weighted by Crippen LogP contribution is -2.26. The van der Waals surface area contributed by atoms with E-state index in [9.17, 15) is 4.79 Å². The van der Waals surface area contributed by atoms with Gasteiger partial charge in [-0.1, -0.05) is 13.8 Å². The van der Waals surface area contributed by atoms with Crippen molar-refractivity contribution in [2.45, 2.75) is 32.8 Å². The Morgan fingerprint density at radius 3 is 2.46 bits per heavy atom. The van der Waals surface area contributed by atoms with E-state index in [1.165, 1.54) is 0 Å². The van der Waals surface area contributed by atoms with E-state index in [0.29, 0.717) is 25.4 Å². The van der Waals surface area contributed by atoms with Gasteiger partial charge in [-0.15, -0.1) is 0 Å². The minimum Gasteiger partial charge on any atom is -0.479 e. The van der Waals surface area contributed by atoms with Gasteiger partial charge in [0.05, 0.1) is 0 Å². The minimum absolute atomic E-state index is 0.0357. The molecule has 0 rings (SSSR count). The quantitative estimate of drug-likeness (QED) is 0.585. The molecule has 78 valence electrons. The molecule has 0 aliphatic heterocycles. The molecule has 1 atom stereocenters. The van der Waals surface area contributed by atoms with Crippen molar-refractivity contribution in [3.05, 3.63) is 0 Å². The zero-order valence-corrected chi connectivity index (χ0v) is 8.19. The number of aliphatic hydroxyl groups excluding tert-OH is 1. The molecule has 2 N–H and O–H groups in total. The Balaban J connectivity index is 3.74. The first-order valence-corrected chi connectivity index (χ1v) is 4.53. The molecule has 0 fully saturated rings. The fourth-order valence-corrected chi connectivity index (χ4v) is 0.958. The first-order chi connectivity index (χ1) is 6.07. The van der Waals surface area contributed by atoms with Crippen LogP contribution in [-0.2, 0) is 9.53 Å². The van der Waals surface area contributed by atoms with Crippen molar-refractivity contribution in [1.82, 2.24) is 0 Å². The maximum atomic E-state index is 10.6. The highest BCUT2D eigenvalue weighted by molar-refractivity contribution is 5.72. The molecule has 0 saturated heterocycles. The van der Waals surface area contributed by atoms with Crippen molar-refractivity contribution >= 4 is 5.97 Å². The number of carboxylic acid groups (broad SMARTS) is 1. The normalized spacial score (nSPS) is 13.2. The number of ether oxygens (including phenoxy) is 1. The van der Waals surface area contributed by atoms with Gasteiger partial charge >= 0.3 is 5.97 Å². The minimum atomic E-state index is -0.924. The smallest absolute Gasteiger partial charge is 0.332 e. The van der Waals surface area contributed by atoms with Gasteiger partial charge in [0.15, 0.2) is 6.10 Å². The van der Waals surface area contributed by atoms with Crippen LogP contribution in [0.5, 0.6) is 0 Å². The SMILES string of the molecule is CC(C)CC(OCCCO)C(=O)O. The summed E-state index contributed by atoms with van der Waals surface area (Å²) in [7, 11) is 0. The summed E-state index contributed by atoms with van der Waals surface area (Å²) >= 11 is 0. The number of carboxylic acids is 1. The molecule has 0 aliphatic rings. The van der Waals surface area contributed by atoms with Crippen molar-refractivity contribution in [3.63, 3.8) is 0 Å². The van der Waals surface area contributed by atoms with Crippen LogP contribution in [0, 0.1) is 5.92 Å². The summed E-state index contributed by atoms with van der Waals surface area (Å²) < 4.78 is 5.10. The van der Waals surface area contributed by atoms with Gasteiger partial charge in [-0.2, -0.15) is 0 Å². The van der Waals surface area contributed by atoms with Crippen molar-refractivity contribution in [2.24, 2.45) is 5.92 Å². The van der Waals surface area contributed by atoms with Gasteiger partial charge in [-0.3, -0.25) is 0 Å². The van der Waals surface area contributed by atoms with Gasteiger partial charge in [0.2, 0.25) is 0 Å². The molecule has 0 aromatic carbocycles. The third-order valence-corrected chi connectivity index (χ3v) is 1.58. The molecule has 4 heteroatoms. The fraction of sp³-hybridized carbons (Fsp3) is 0.889. The Hall–Kier alpha value is -0.610. The molecule has 0 saturated carbocycles. The van der Waals surface area contributed by atoms with Crippen molar-refractivity contribution in [2.75, 3.05) is 13.2 Å². The maximum Gasteiger partial charge on any atom is 0.332 e. The average molecular weight is 190 g/mol. The summed E-state index contributed by atoms with van der Waals surface area (Å²) in [4.78, 5) is 10.6. The van der Waals surface area contributed by atoms with Gasteiger partial charge in [-0.05, 0) is 18.8 Å². The standard InChI is InChI=1S/C9H18O4/c1-7(2)6-8(9(11)12)13-5-3-4-10/h7-8,10H,3-6H2,1-2H3,(H,11,12). The van der Waals surface area contributed by atoms with Gasteiger partial charge in [0.1, 0.15) is 0 Å². The van der Waals surface area contributed by atoms with Crippen LogP contribution in [-0.4, -0.2) is 35.5 Å². The number of rotatable bonds is 7. The summed E-state index contributed by atoms with van der Waals surface area (Å²) in [6, 6.07) is 0. The number of aliphatic hydroxyl groups is 1. The number of carbonyl (C=O) groups is 1. The summed E-state index contributed by atoms with van der Waals surface area (Å²) in [5.74, 6) is -0.623. The first kappa shape index (κ1) is 12.4. The van der Waals surface area contributed by atoms with Gasteiger partial charge in [-0.25, -0.2) is 4.79 Å². The summed E-state index contributed by atoms with van der Waals surface area (Å²) in [5.41, 5.74) is 0. The number of aliphatic carboxylic acids is 1. The molecular weight excluding hydrogens is 172 g/mol. The average Bonchev–Trinajstić information content (AvgIpc) is 2.02. The second-order valence-corrected chi connectivity index (χ2v) is 3.40. The molecule has 4 nitrogen and oxygen atoms in total. The van der Waals surface area contributed by atoms with Crippen LogP contribution in [0.2, 0.25) is 0 Å². The molecule has 0 radical (unpaired) electrons. The topological polar surface area (TPSA) is 66.8 Å². The van der Waals surface area contributed by atoms with E-state index < -0.39 is 12.1 Å². The van der Waals surface area contributed by atoms with E-state index in [1.807, 2.05) is 13.8 Å². The summed E-state index contributed by atoms with van der Waals surface area (Å²) in [5, 5.41) is 17.2. The predicted molar refractivity (Wildman–Crippen MR) is 48.5 cm³/mol. The molecule has 0 aromatic rings. The Labute approximate surface area is 78.5 Å². The third-order valence-electron chi connectivity index (χ3n) is 1.58. The highest BCUT2D eigenvalue weighted by Gasteiger charge is 2.18. The molecule has 0 amide bonds. The van der Waals surface area contributed by atoms with E-state index in [0.717, 1.165) is 0 Å². The van der Waals surface area contributed by atoms with Crippen molar-refractivity contribution in [3.8, 4) is 0 Å². The molecule has 0 spiro atoms. The maximum absolute atomic E-state index is 10.6. The molecule has 0 heterocycles. The first-order valence-electron chi connectivity index (χ1n) is 4.53. The molecule has 0 aromatic heterocycles. The van der Waals surface area contributed by atoms with E-state index in [2.05, 4.69) is 0 Å². The van der Waals surface area contributed by atoms with Gasteiger partial charge in [0, 0.05) is 13.2 Å². The third kappa shape index (κ3) is 6.54. The molecule has 0 bridgehead atoms. The largest absolute Gasteiger partial charge is 0.479 e. The fourth-order valence-electron chi connectivity index (χ4n) is 0.958.